The van der Waals surface area contributed by atoms with Crippen LogP contribution in [0.2, 0.25) is 0 Å². The molecule has 4 aliphatic carbocycles. The summed E-state index contributed by atoms with van der Waals surface area (Å²) in [7, 11) is -5.63. The molecule has 0 radical (unpaired) electrons. The van der Waals surface area contributed by atoms with Crippen molar-refractivity contribution in [1.29, 1.82) is 0 Å². The number of allylic oxidation sites excluding steroid dienone is 1. The Kier molecular flexibility index (Phi) is 18.0. The van der Waals surface area contributed by atoms with Crippen LogP contribution in [0.25, 0.3) is 0 Å². The molecule has 0 heterocycles. The number of unbranched alkanes of at least 4 members (excludes halogenated alkanes) is 3. The van der Waals surface area contributed by atoms with Crippen LogP contribution in [0.1, 0.15) is 151 Å². The van der Waals surface area contributed by atoms with E-state index in [-0.39, 0.29) is 43.6 Å². The summed E-state index contributed by atoms with van der Waals surface area (Å²) in [5.74, 6) is 4.77. The highest BCUT2D eigenvalue weighted by atomic mass is 32.1. The average molecular weight is 785 g/mol. The number of fused-ring (bicyclic) bond motifs is 5. The largest absolute Gasteiger partial charge is 0.446 e. The quantitative estimate of drug-likeness (QED) is 0.0560. The van der Waals surface area contributed by atoms with Crippen LogP contribution in [0.3, 0.4) is 0 Å². The van der Waals surface area contributed by atoms with Crippen LogP contribution in [-0.2, 0) is 27.7 Å². The van der Waals surface area contributed by atoms with Gasteiger partial charge in [0.2, 0.25) is 5.91 Å². The lowest BCUT2D eigenvalue weighted by Gasteiger charge is -2.58. The number of amides is 2. The number of carbonyl (C=O) groups excluding carboxylic acids is 2. The van der Waals surface area contributed by atoms with Crippen molar-refractivity contribution in [3.8, 4) is 0 Å². The zero-order valence-electron chi connectivity index (χ0n) is 33.9. The summed E-state index contributed by atoms with van der Waals surface area (Å²) < 4.78 is 40.6. The molecule has 4 aliphatic rings. The molecule has 0 aromatic rings. The lowest BCUT2D eigenvalue weighted by Crippen LogP contribution is -2.51. The molecule has 4 rings (SSSR count). The minimum absolute atomic E-state index is 0.00224. The number of hydrogen-bond donors (Lipinski definition) is 3. The number of alkyl carbamates (subject to hydrolysis) is 1. The van der Waals surface area contributed by atoms with E-state index in [2.05, 4.69) is 51.3 Å². The maximum atomic E-state index is 12.7. The molecule has 3 saturated carbocycles. The third kappa shape index (κ3) is 12.7. The summed E-state index contributed by atoms with van der Waals surface area (Å²) in [6, 6.07) is 0. The molecular formula is C41H74N2O8P2. The van der Waals surface area contributed by atoms with Gasteiger partial charge in [-0.25, -0.2) is 4.79 Å². The number of aliphatic hydroxyl groups excluding tert-OH is 1. The van der Waals surface area contributed by atoms with Crippen LogP contribution in [0, 0.1) is 46.3 Å². The van der Waals surface area contributed by atoms with Crippen molar-refractivity contribution >= 4 is 27.4 Å². The van der Waals surface area contributed by atoms with Gasteiger partial charge >= 0.3 is 6.09 Å². The van der Waals surface area contributed by atoms with E-state index in [4.69, 9.17) is 13.8 Å². The van der Waals surface area contributed by atoms with Crippen molar-refractivity contribution in [2.24, 2.45) is 46.3 Å². The van der Waals surface area contributed by atoms with Crippen molar-refractivity contribution in [3.05, 3.63) is 11.6 Å². The Balaban J connectivity index is 1.10. The smallest absolute Gasteiger partial charge is 0.407 e. The molecule has 11 atom stereocenters. The summed E-state index contributed by atoms with van der Waals surface area (Å²) in [5.41, 5.74) is 2.18. The second-order valence-corrected chi connectivity index (χ2v) is 22.1. The molecule has 0 aliphatic heterocycles. The molecule has 12 heteroatoms. The SMILES string of the molecule is CC(=O)NCCCCCCO[PH](=O)[PH](=O)OCCC(O)CCNC(=O)O[C@@H]1CC[C@]2(C)C(=CCC3C2CC[C@]2(C)C3CC[C@H]2[C@@H](C)CCCC(C)C)C1. The molecular weight excluding hydrogens is 710 g/mol. The maximum absolute atomic E-state index is 12.7. The van der Waals surface area contributed by atoms with Gasteiger partial charge in [-0.15, -0.1) is 0 Å². The summed E-state index contributed by atoms with van der Waals surface area (Å²) in [4.78, 5) is 23.6. The number of aliphatic hydroxyl groups is 1. The predicted molar refractivity (Wildman–Crippen MR) is 214 cm³/mol. The van der Waals surface area contributed by atoms with Gasteiger partial charge in [-0.3, -0.25) is 13.9 Å². The van der Waals surface area contributed by atoms with Gasteiger partial charge in [0.05, 0.1) is 19.3 Å². The third-order valence-corrected chi connectivity index (χ3v) is 16.9. The van der Waals surface area contributed by atoms with Gasteiger partial charge in [0.15, 0.2) is 0 Å². The number of hydrogen-bond acceptors (Lipinski definition) is 8. The molecule has 0 aromatic heterocycles. The minimum Gasteiger partial charge on any atom is -0.446 e. The Morgan fingerprint density at radius 1 is 0.849 bits per heavy atom. The van der Waals surface area contributed by atoms with Crippen LogP contribution >= 0.6 is 15.4 Å². The van der Waals surface area contributed by atoms with Crippen LogP contribution in [0.4, 0.5) is 4.79 Å². The number of rotatable bonds is 22. The molecule has 10 nitrogen and oxygen atoms in total. The fourth-order valence-electron chi connectivity index (χ4n) is 10.8. The van der Waals surface area contributed by atoms with Gasteiger partial charge in [0, 0.05) is 26.4 Å². The van der Waals surface area contributed by atoms with Crippen molar-refractivity contribution < 1.29 is 37.6 Å². The minimum atomic E-state index is -2.84. The lowest BCUT2D eigenvalue weighted by molar-refractivity contribution is -0.118. The summed E-state index contributed by atoms with van der Waals surface area (Å²) in [6.45, 7) is 15.0. The Labute approximate surface area is 322 Å². The van der Waals surface area contributed by atoms with Gasteiger partial charge in [0.1, 0.15) is 6.10 Å². The third-order valence-electron chi connectivity index (χ3n) is 13.8. The van der Waals surface area contributed by atoms with E-state index in [9.17, 15) is 23.8 Å². The van der Waals surface area contributed by atoms with Gasteiger partial charge in [-0.2, -0.15) is 0 Å². The Bertz CT molecular complexity index is 1260. The summed E-state index contributed by atoms with van der Waals surface area (Å²) in [5, 5.41) is 15.9. The predicted octanol–water partition coefficient (Wildman–Crippen LogP) is 9.86. The van der Waals surface area contributed by atoms with E-state index < -0.39 is 27.6 Å². The van der Waals surface area contributed by atoms with Crippen molar-refractivity contribution in [1.82, 2.24) is 10.6 Å². The molecule has 53 heavy (non-hydrogen) atoms. The molecule has 0 spiro atoms. The van der Waals surface area contributed by atoms with Crippen LogP contribution in [0.5, 0.6) is 0 Å². The Morgan fingerprint density at radius 3 is 2.32 bits per heavy atom. The zero-order chi connectivity index (χ0) is 38.6. The van der Waals surface area contributed by atoms with Crippen LogP contribution in [-0.4, -0.2) is 55.6 Å². The molecule has 3 fully saturated rings. The van der Waals surface area contributed by atoms with Gasteiger partial charge in [0.25, 0.3) is 15.4 Å². The monoisotopic (exact) mass is 784 g/mol. The molecule has 2 amide bonds. The molecule has 0 saturated heterocycles. The topological polar surface area (TPSA) is 140 Å². The fraction of sp³-hybridized carbons (Fsp3) is 0.902. The summed E-state index contributed by atoms with van der Waals surface area (Å²) >= 11 is 0. The maximum Gasteiger partial charge on any atom is 0.407 e. The van der Waals surface area contributed by atoms with E-state index in [1.54, 1.807) is 0 Å². The highest BCUT2D eigenvalue weighted by Crippen LogP contribution is 2.67. The second-order valence-electron chi connectivity index (χ2n) is 17.9. The Hall–Kier alpha value is -1.18. The van der Waals surface area contributed by atoms with E-state index in [1.807, 2.05) is 0 Å². The van der Waals surface area contributed by atoms with Gasteiger partial charge in [-0.1, -0.05) is 78.4 Å². The van der Waals surface area contributed by atoms with Crippen molar-refractivity contribution in [2.75, 3.05) is 26.3 Å². The summed E-state index contributed by atoms with van der Waals surface area (Å²) in [6.07, 6.45) is 18.6. The average Bonchev–Trinajstić information content (AvgIpc) is 3.46. The molecule has 0 bridgehead atoms. The second kappa shape index (κ2) is 21.4. The fourth-order valence-corrected chi connectivity index (χ4v) is 13.0. The van der Waals surface area contributed by atoms with E-state index in [0.29, 0.717) is 24.8 Å². The standard InChI is InChI=1S/C41H74N2O8P2/c1-29(2)12-11-13-30(3)36-16-17-37-35-15-14-32-28-34(18-22-40(32,5)38(35)19-23-41(36,37)6)51-39(46)43-25-20-33(45)21-27-50-53(48)52(47)49-26-10-8-7-9-24-42-31(4)44/h14,29-30,33-38,45,52-53H,7-13,15-28H2,1-6H3,(H,42,44)(H,43,46)/t30-,33?,34+,35?,36-,37?,38?,40+,41-/m0/s1. The zero-order valence-corrected chi connectivity index (χ0v) is 35.9. The highest BCUT2D eigenvalue weighted by Gasteiger charge is 2.59. The van der Waals surface area contributed by atoms with E-state index in [1.165, 1.54) is 63.9 Å². The molecule has 0 aromatic carbocycles. The van der Waals surface area contributed by atoms with Crippen LogP contribution < -0.4 is 10.6 Å². The van der Waals surface area contributed by atoms with Crippen molar-refractivity contribution in [3.63, 3.8) is 0 Å². The normalized spacial score (nSPS) is 31.7. The van der Waals surface area contributed by atoms with E-state index >= 15 is 0 Å². The first-order valence-electron chi connectivity index (χ1n) is 21.1. The first-order valence-corrected chi connectivity index (χ1v) is 24.8. The first kappa shape index (κ1) is 44.5. The number of nitrogens with one attached hydrogen (secondary N) is 2. The molecule has 306 valence electrons. The van der Waals surface area contributed by atoms with E-state index in [0.717, 1.165) is 74.0 Å². The lowest BCUT2D eigenvalue weighted by atomic mass is 9.47. The molecule has 3 N–H and O–H groups in total. The first-order chi connectivity index (χ1) is 25.2. The van der Waals surface area contributed by atoms with Crippen LogP contribution in [0.15, 0.2) is 11.6 Å². The van der Waals surface area contributed by atoms with Gasteiger partial charge in [-0.05, 0) is 117 Å². The highest BCUT2D eigenvalue weighted by molar-refractivity contribution is 8.13. The van der Waals surface area contributed by atoms with Gasteiger partial charge < -0.3 is 29.5 Å². The number of ether oxygens (including phenoxy) is 1. The Morgan fingerprint density at radius 2 is 1.58 bits per heavy atom. The molecule has 6 unspecified atom stereocenters. The van der Waals surface area contributed by atoms with Crippen molar-refractivity contribution in [2.45, 2.75) is 163 Å². The number of carbonyl (C=O) groups is 2.